The molecule has 0 radical (unpaired) electrons. The Kier molecular flexibility index (Phi) is 3.86. The zero-order chi connectivity index (χ0) is 15.9. The van der Waals surface area contributed by atoms with Crippen molar-refractivity contribution in [3.05, 3.63) is 17.4 Å². The molecule has 118 valence electrons. The van der Waals surface area contributed by atoms with E-state index >= 15 is 0 Å². The smallest absolute Gasteiger partial charge is 0.226 e. The third kappa shape index (κ3) is 2.83. The highest BCUT2D eigenvalue weighted by Gasteiger charge is 2.16. The lowest BCUT2D eigenvalue weighted by Gasteiger charge is -2.12. The molecule has 0 unspecified atom stereocenters. The molecule has 7 nitrogen and oxygen atoms in total. The van der Waals surface area contributed by atoms with Crippen LogP contribution in [0.4, 0.5) is 5.13 Å². The second-order valence-corrected chi connectivity index (χ2v) is 6.89. The van der Waals surface area contributed by atoms with Gasteiger partial charge in [0.2, 0.25) is 5.89 Å². The Balaban J connectivity index is 1.76. The fourth-order valence-corrected chi connectivity index (χ4v) is 3.30. The first-order chi connectivity index (χ1) is 10.4. The third-order valence-electron chi connectivity index (χ3n) is 3.33. The van der Waals surface area contributed by atoms with Crippen molar-refractivity contribution in [3.8, 4) is 0 Å². The highest BCUT2D eigenvalue weighted by molar-refractivity contribution is 7.22. The molecule has 3 aromatic rings. The Morgan fingerprint density at radius 2 is 2.09 bits per heavy atom. The van der Waals surface area contributed by atoms with Gasteiger partial charge in [0.05, 0.1) is 16.9 Å². The number of aromatic nitrogens is 5. The topological polar surface area (TPSA) is 72.9 Å². The van der Waals surface area contributed by atoms with Crippen molar-refractivity contribution in [1.82, 2.24) is 24.9 Å². The van der Waals surface area contributed by atoms with Crippen LogP contribution in [0.3, 0.4) is 0 Å². The molecule has 0 aliphatic carbocycles. The van der Waals surface area contributed by atoms with E-state index in [1.54, 1.807) is 11.3 Å². The average Bonchev–Trinajstić information content (AvgIpc) is 3.09. The van der Waals surface area contributed by atoms with Crippen LogP contribution < -0.4 is 4.90 Å². The van der Waals surface area contributed by atoms with E-state index < -0.39 is 0 Å². The maximum absolute atomic E-state index is 5.28. The van der Waals surface area contributed by atoms with Gasteiger partial charge in [0, 0.05) is 20.5 Å². The van der Waals surface area contributed by atoms with Crippen LogP contribution in [0.15, 0.2) is 4.52 Å². The molecular formula is C14H20N6OS. The van der Waals surface area contributed by atoms with Crippen molar-refractivity contribution in [1.29, 1.82) is 0 Å². The predicted molar refractivity (Wildman–Crippen MR) is 86.1 cm³/mol. The number of aryl methyl sites for hydroxylation is 2. The Morgan fingerprint density at radius 3 is 2.77 bits per heavy atom. The van der Waals surface area contributed by atoms with Crippen molar-refractivity contribution in [2.45, 2.75) is 33.7 Å². The van der Waals surface area contributed by atoms with Crippen molar-refractivity contribution >= 4 is 26.8 Å². The summed E-state index contributed by atoms with van der Waals surface area (Å²) in [6, 6.07) is 0. The molecule has 8 heteroatoms. The molecule has 3 aromatic heterocycles. The van der Waals surface area contributed by atoms with Crippen LogP contribution in [0.5, 0.6) is 0 Å². The van der Waals surface area contributed by atoms with Gasteiger partial charge in [-0.2, -0.15) is 10.1 Å². The highest BCUT2D eigenvalue weighted by Crippen LogP contribution is 2.30. The maximum atomic E-state index is 5.28. The van der Waals surface area contributed by atoms with Gasteiger partial charge in [-0.1, -0.05) is 30.3 Å². The monoisotopic (exact) mass is 320 g/mol. The van der Waals surface area contributed by atoms with Crippen LogP contribution in [0.25, 0.3) is 10.3 Å². The molecule has 3 heterocycles. The minimum absolute atomic E-state index is 0.505. The molecule has 0 aromatic carbocycles. The average molecular weight is 320 g/mol. The van der Waals surface area contributed by atoms with Gasteiger partial charge in [0.1, 0.15) is 0 Å². The first-order valence-corrected chi connectivity index (χ1v) is 8.08. The van der Waals surface area contributed by atoms with E-state index in [1.807, 2.05) is 30.6 Å². The number of anilines is 1. The van der Waals surface area contributed by atoms with Gasteiger partial charge in [0.25, 0.3) is 0 Å². The summed E-state index contributed by atoms with van der Waals surface area (Å²) in [6.07, 6.45) is 0.808. The predicted octanol–water partition coefficient (Wildman–Crippen LogP) is 2.56. The summed E-state index contributed by atoms with van der Waals surface area (Å²) in [5.41, 5.74) is 1.92. The minimum atomic E-state index is 0.505. The molecule has 3 rings (SSSR count). The highest BCUT2D eigenvalue weighted by atomic mass is 32.1. The molecule has 0 N–H and O–H groups in total. The molecule has 0 saturated heterocycles. The zero-order valence-corrected chi connectivity index (χ0v) is 14.3. The van der Waals surface area contributed by atoms with E-state index in [4.69, 9.17) is 4.52 Å². The summed E-state index contributed by atoms with van der Waals surface area (Å²) in [6.45, 7) is 6.84. The molecule has 0 saturated carbocycles. The minimum Gasteiger partial charge on any atom is -0.343 e. The fraction of sp³-hybridized carbons (Fsp3) is 0.571. The van der Waals surface area contributed by atoms with E-state index in [9.17, 15) is 0 Å². The molecule has 22 heavy (non-hydrogen) atoms. The van der Waals surface area contributed by atoms with Crippen LogP contribution in [-0.4, -0.2) is 32.0 Å². The normalized spacial score (nSPS) is 11.7. The lowest BCUT2D eigenvalue weighted by atomic mass is 10.1. The molecule has 0 aliphatic rings. The Bertz CT molecular complexity index is 752. The van der Waals surface area contributed by atoms with Crippen molar-refractivity contribution < 1.29 is 4.52 Å². The van der Waals surface area contributed by atoms with E-state index in [0.717, 1.165) is 27.6 Å². The van der Waals surface area contributed by atoms with Crippen LogP contribution in [-0.2, 0) is 20.0 Å². The van der Waals surface area contributed by atoms with E-state index in [2.05, 4.69) is 34.1 Å². The summed E-state index contributed by atoms with van der Waals surface area (Å²) < 4.78 is 8.21. The van der Waals surface area contributed by atoms with Gasteiger partial charge >= 0.3 is 0 Å². The molecule has 0 bridgehead atoms. The zero-order valence-electron chi connectivity index (χ0n) is 13.5. The summed E-state index contributed by atoms with van der Waals surface area (Å²) in [5.74, 6) is 1.89. The Labute approximate surface area is 133 Å². The van der Waals surface area contributed by atoms with E-state index in [1.165, 1.54) is 0 Å². The van der Waals surface area contributed by atoms with Crippen LogP contribution in [0.2, 0.25) is 0 Å². The number of hydrogen-bond donors (Lipinski definition) is 0. The van der Waals surface area contributed by atoms with E-state index in [-0.39, 0.29) is 0 Å². The van der Waals surface area contributed by atoms with Crippen LogP contribution in [0, 0.1) is 12.8 Å². The van der Waals surface area contributed by atoms with Crippen molar-refractivity contribution in [2.75, 3.05) is 11.9 Å². The number of hydrogen-bond acceptors (Lipinski definition) is 7. The van der Waals surface area contributed by atoms with Gasteiger partial charge in [-0.25, -0.2) is 9.67 Å². The van der Waals surface area contributed by atoms with Crippen LogP contribution >= 0.6 is 11.3 Å². The first-order valence-electron chi connectivity index (χ1n) is 7.26. The number of thiazole rings is 1. The SMILES string of the molecule is Cc1nn(C)c2nc(N(C)Cc3noc(CC(C)C)n3)sc12. The summed E-state index contributed by atoms with van der Waals surface area (Å²) in [5, 5.41) is 9.35. The fourth-order valence-electron chi connectivity index (χ4n) is 2.30. The van der Waals surface area contributed by atoms with Crippen LogP contribution in [0.1, 0.15) is 31.3 Å². The van der Waals surface area contributed by atoms with Gasteiger partial charge in [-0.3, -0.25) is 0 Å². The lowest BCUT2D eigenvalue weighted by Crippen LogP contribution is -2.17. The molecule has 0 fully saturated rings. The number of rotatable bonds is 5. The molecule has 0 spiro atoms. The number of fused-ring (bicyclic) bond motifs is 1. The van der Waals surface area contributed by atoms with E-state index in [0.29, 0.717) is 24.2 Å². The quantitative estimate of drug-likeness (QED) is 0.719. The lowest BCUT2D eigenvalue weighted by molar-refractivity contribution is 0.358. The van der Waals surface area contributed by atoms with Gasteiger partial charge in [-0.05, 0) is 12.8 Å². The Hall–Kier alpha value is -1.96. The molecule has 0 atom stereocenters. The largest absolute Gasteiger partial charge is 0.343 e. The maximum Gasteiger partial charge on any atom is 0.226 e. The van der Waals surface area contributed by atoms with Crippen molar-refractivity contribution in [2.24, 2.45) is 13.0 Å². The third-order valence-corrected chi connectivity index (χ3v) is 4.60. The van der Waals surface area contributed by atoms with Crippen molar-refractivity contribution in [3.63, 3.8) is 0 Å². The number of nitrogens with zero attached hydrogens (tertiary/aromatic N) is 6. The second-order valence-electron chi connectivity index (χ2n) is 5.92. The Morgan fingerprint density at radius 1 is 1.32 bits per heavy atom. The molecule has 0 aliphatic heterocycles. The molecule has 0 amide bonds. The van der Waals surface area contributed by atoms with Gasteiger partial charge in [-0.15, -0.1) is 0 Å². The van der Waals surface area contributed by atoms with Gasteiger partial charge in [0.15, 0.2) is 16.6 Å². The molecular weight excluding hydrogens is 300 g/mol. The summed E-state index contributed by atoms with van der Waals surface area (Å²) in [7, 11) is 3.90. The summed E-state index contributed by atoms with van der Waals surface area (Å²) >= 11 is 1.63. The van der Waals surface area contributed by atoms with Gasteiger partial charge < -0.3 is 9.42 Å². The summed E-state index contributed by atoms with van der Waals surface area (Å²) in [4.78, 5) is 11.1. The second kappa shape index (κ2) is 5.68. The standard InChI is InChI=1S/C14H20N6OS/c1-8(2)6-11-15-10(18-21-11)7-19(4)14-16-13-12(22-14)9(3)17-20(13)5/h8H,6-7H2,1-5H3. The first kappa shape index (κ1) is 15.0.